The number of alkyl halides is 2. The Hall–Kier alpha value is -2.19. The summed E-state index contributed by atoms with van der Waals surface area (Å²) in [6, 6.07) is 3.69. The molecule has 0 amide bonds. The zero-order valence-corrected chi connectivity index (χ0v) is 21.5. The van der Waals surface area contributed by atoms with Crippen LogP contribution >= 0.6 is 11.3 Å². The number of carbonyl (C=O) groups excluding carboxylic acids is 1. The molecule has 2 aromatic rings. The average Bonchev–Trinajstić information content (AvgIpc) is 3.24. The first kappa shape index (κ1) is 25.9. The topological polar surface area (TPSA) is 55.3 Å². The molecule has 3 heterocycles. The summed E-state index contributed by atoms with van der Waals surface area (Å²) in [5.41, 5.74) is 3.22. The maximum atomic E-state index is 13.1. The standard InChI is InChI=1S/C27H35F2N3O2S/c1-18(2)25-21(5-4-12-30-25)23(33)15-20-8-6-19(7-9-20)10-13-32-14-11-24-22(16-32)31-26(35-24)34-17-27(3,28)29/h4-5,12,19-20H,1,6-11,13-17H2,2-3H3. The number of aromatic nitrogens is 2. The Morgan fingerprint density at radius 1 is 1.29 bits per heavy atom. The predicted octanol–water partition coefficient (Wildman–Crippen LogP) is 6.43. The quantitative estimate of drug-likeness (QED) is 0.350. The van der Waals surface area contributed by atoms with Crippen LogP contribution in [0.2, 0.25) is 0 Å². The molecule has 0 saturated heterocycles. The number of hydrogen-bond acceptors (Lipinski definition) is 6. The molecule has 5 nitrogen and oxygen atoms in total. The van der Waals surface area contributed by atoms with Gasteiger partial charge < -0.3 is 4.74 Å². The average molecular weight is 504 g/mol. The number of halogens is 2. The van der Waals surface area contributed by atoms with Gasteiger partial charge in [0.05, 0.1) is 11.4 Å². The maximum absolute atomic E-state index is 13.1. The Morgan fingerprint density at radius 2 is 2.03 bits per heavy atom. The number of allylic oxidation sites excluding steroid dienone is 1. The number of nitrogens with zero attached hydrogens (tertiary/aromatic N) is 3. The number of pyridine rings is 1. The number of ketones is 1. The summed E-state index contributed by atoms with van der Waals surface area (Å²) >= 11 is 1.40. The van der Waals surface area contributed by atoms with Gasteiger partial charge >= 0.3 is 0 Å². The van der Waals surface area contributed by atoms with Crippen LogP contribution in [0.4, 0.5) is 8.78 Å². The molecular formula is C27H35F2N3O2S. The van der Waals surface area contributed by atoms with E-state index in [-0.39, 0.29) is 5.78 Å². The van der Waals surface area contributed by atoms with E-state index in [1.807, 2.05) is 19.1 Å². The molecule has 8 heteroatoms. The van der Waals surface area contributed by atoms with Gasteiger partial charge in [-0.1, -0.05) is 30.8 Å². The van der Waals surface area contributed by atoms with Crippen molar-refractivity contribution in [3.63, 3.8) is 0 Å². The molecule has 190 valence electrons. The second kappa shape index (κ2) is 11.2. The van der Waals surface area contributed by atoms with Crippen LogP contribution in [-0.4, -0.2) is 46.3 Å². The molecule has 35 heavy (non-hydrogen) atoms. The van der Waals surface area contributed by atoms with Crippen molar-refractivity contribution in [1.82, 2.24) is 14.9 Å². The van der Waals surface area contributed by atoms with E-state index < -0.39 is 12.5 Å². The van der Waals surface area contributed by atoms with Crippen LogP contribution in [-0.2, 0) is 13.0 Å². The molecular weight excluding hydrogens is 468 g/mol. The summed E-state index contributed by atoms with van der Waals surface area (Å²) in [5, 5.41) is 0.355. The summed E-state index contributed by atoms with van der Waals surface area (Å²) < 4.78 is 31.3. The molecule has 0 aromatic carbocycles. The van der Waals surface area contributed by atoms with Crippen LogP contribution in [0.25, 0.3) is 5.57 Å². The van der Waals surface area contributed by atoms with E-state index in [9.17, 15) is 13.6 Å². The Bertz CT molecular complexity index is 1040. The summed E-state index contributed by atoms with van der Waals surface area (Å²) in [5.74, 6) is -1.54. The Labute approximate surface area is 210 Å². The van der Waals surface area contributed by atoms with E-state index in [4.69, 9.17) is 4.74 Å². The maximum Gasteiger partial charge on any atom is 0.278 e. The summed E-state index contributed by atoms with van der Waals surface area (Å²) in [7, 11) is 0. The highest BCUT2D eigenvalue weighted by atomic mass is 32.1. The molecule has 0 spiro atoms. The molecule has 1 saturated carbocycles. The van der Waals surface area contributed by atoms with E-state index >= 15 is 0 Å². The molecule has 2 aliphatic rings. The first-order chi connectivity index (χ1) is 16.7. The van der Waals surface area contributed by atoms with E-state index in [0.29, 0.717) is 29.0 Å². The number of Topliss-reactive ketones (excluding diaryl/α,β-unsaturated/α-hetero) is 1. The van der Waals surface area contributed by atoms with Crippen molar-refractivity contribution in [2.75, 3.05) is 19.7 Å². The van der Waals surface area contributed by atoms with Crippen LogP contribution in [0.3, 0.4) is 0 Å². The SMILES string of the molecule is C=C(C)c1ncccc1C(=O)CC1CCC(CCN2CCc3sc(OCC(C)(F)F)nc3C2)CC1. The number of hydrogen-bond donors (Lipinski definition) is 0. The molecule has 0 unspecified atom stereocenters. The molecule has 1 aliphatic heterocycles. The summed E-state index contributed by atoms with van der Waals surface area (Å²) in [6.45, 7) is 8.83. The Morgan fingerprint density at radius 3 is 2.74 bits per heavy atom. The normalized spacial score (nSPS) is 20.9. The first-order valence-electron chi connectivity index (χ1n) is 12.5. The van der Waals surface area contributed by atoms with Crippen molar-refractivity contribution in [2.24, 2.45) is 11.8 Å². The largest absolute Gasteiger partial charge is 0.464 e. The fourth-order valence-corrected chi connectivity index (χ4v) is 6.01. The van der Waals surface area contributed by atoms with Crippen molar-refractivity contribution >= 4 is 22.7 Å². The van der Waals surface area contributed by atoms with Crippen molar-refractivity contribution in [1.29, 1.82) is 0 Å². The van der Waals surface area contributed by atoms with Crippen LogP contribution in [0.5, 0.6) is 5.19 Å². The third-order valence-electron chi connectivity index (χ3n) is 7.04. The lowest BCUT2D eigenvalue weighted by atomic mass is 9.78. The van der Waals surface area contributed by atoms with Gasteiger partial charge in [-0.15, -0.1) is 0 Å². The Kier molecular flexibility index (Phi) is 8.32. The highest BCUT2D eigenvalue weighted by Crippen LogP contribution is 2.35. The molecule has 0 atom stereocenters. The predicted molar refractivity (Wildman–Crippen MR) is 135 cm³/mol. The fourth-order valence-electron chi connectivity index (χ4n) is 5.10. The summed E-state index contributed by atoms with van der Waals surface area (Å²) in [6.07, 6.45) is 8.86. The van der Waals surface area contributed by atoms with Gasteiger partial charge in [0.15, 0.2) is 12.4 Å². The molecule has 2 aromatic heterocycles. The lowest BCUT2D eigenvalue weighted by molar-refractivity contribution is -0.0230. The van der Waals surface area contributed by atoms with Crippen molar-refractivity contribution in [3.8, 4) is 5.19 Å². The van der Waals surface area contributed by atoms with Crippen molar-refractivity contribution < 1.29 is 18.3 Å². The minimum atomic E-state index is -2.85. The number of rotatable bonds is 10. The minimum Gasteiger partial charge on any atom is -0.464 e. The van der Waals surface area contributed by atoms with Gasteiger partial charge in [-0.05, 0) is 68.7 Å². The highest BCUT2D eigenvalue weighted by molar-refractivity contribution is 7.13. The van der Waals surface area contributed by atoms with Gasteiger partial charge in [0.1, 0.15) is 0 Å². The smallest absolute Gasteiger partial charge is 0.278 e. The van der Waals surface area contributed by atoms with Gasteiger partial charge in [-0.3, -0.25) is 14.7 Å². The molecule has 1 aliphatic carbocycles. The lowest BCUT2D eigenvalue weighted by Crippen LogP contribution is -2.32. The second-order valence-corrected chi connectivity index (χ2v) is 11.3. The van der Waals surface area contributed by atoms with Gasteiger partial charge in [0.2, 0.25) is 0 Å². The third-order valence-corrected chi connectivity index (χ3v) is 8.11. The molecule has 0 bridgehead atoms. The number of ether oxygens (including phenoxy) is 1. The number of carbonyl (C=O) groups is 1. The van der Waals surface area contributed by atoms with E-state index in [1.54, 1.807) is 6.20 Å². The second-order valence-electron chi connectivity index (χ2n) is 10.2. The van der Waals surface area contributed by atoms with E-state index in [1.165, 1.54) is 11.3 Å². The zero-order valence-electron chi connectivity index (χ0n) is 20.7. The Balaban J connectivity index is 1.20. The van der Waals surface area contributed by atoms with Crippen LogP contribution in [0.15, 0.2) is 24.9 Å². The summed E-state index contributed by atoms with van der Waals surface area (Å²) in [4.78, 5) is 25.3. The highest BCUT2D eigenvalue weighted by Gasteiger charge is 2.27. The third kappa shape index (κ3) is 7.17. The van der Waals surface area contributed by atoms with Crippen LogP contribution < -0.4 is 4.74 Å². The lowest BCUT2D eigenvalue weighted by Gasteiger charge is -2.31. The number of fused-ring (bicyclic) bond motifs is 1. The molecule has 0 N–H and O–H groups in total. The van der Waals surface area contributed by atoms with Gasteiger partial charge in [-0.2, -0.15) is 0 Å². The van der Waals surface area contributed by atoms with E-state index in [2.05, 4.69) is 21.4 Å². The fraction of sp³-hybridized carbons (Fsp3) is 0.593. The van der Waals surface area contributed by atoms with Crippen LogP contribution in [0.1, 0.15) is 79.0 Å². The van der Waals surface area contributed by atoms with Crippen molar-refractivity contribution in [3.05, 3.63) is 46.7 Å². The van der Waals surface area contributed by atoms with E-state index in [0.717, 1.165) is 86.9 Å². The minimum absolute atomic E-state index is 0.179. The van der Waals surface area contributed by atoms with Gasteiger partial charge in [0, 0.05) is 43.1 Å². The monoisotopic (exact) mass is 503 g/mol. The van der Waals surface area contributed by atoms with Crippen LogP contribution in [0, 0.1) is 11.8 Å². The molecule has 1 fully saturated rings. The zero-order chi connectivity index (χ0) is 25.0. The van der Waals surface area contributed by atoms with Gasteiger partial charge in [0.25, 0.3) is 11.1 Å². The molecule has 0 radical (unpaired) electrons. The number of thiazole rings is 1. The van der Waals surface area contributed by atoms with Gasteiger partial charge in [-0.25, -0.2) is 13.8 Å². The molecule has 4 rings (SSSR count). The van der Waals surface area contributed by atoms with Crippen molar-refractivity contribution in [2.45, 2.75) is 71.3 Å². The first-order valence-corrected chi connectivity index (χ1v) is 13.3.